The van der Waals surface area contributed by atoms with Crippen molar-refractivity contribution in [2.45, 2.75) is 13.3 Å². The molecule has 5 heteroatoms. The fraction of sp³-hybridized carbons (Fsp3) is 0.333. The molecule has 0 unspecified atom stereocenters. The molecule has 0 spiro atoms. The van der Waals surface area contributed by atoms with Gasteiger partial charge in [-0.05, 0) is 6.42 Å². The first-order valence-corrected chi connectivity index (χ1v) is 4.17. The maximum Gasteiger partial charge on any atom is 0.413 e. The molecule has 2 N–H and O–H groups in total. The van der Waals surface area contributed by atoms with Gasteiger partial charge in [0.05, 0.1) is 6.20 Å². The molecule has 0 aliphatic rings. The van der Waals surface area contributed by atoms with Gasteiger partial charge in [0.2, 0.25) is 0 Å². The number of carbonyl (C=O) groups excluding carboxylic acids is 1. The Morgan fingerprint density at radius 1 is 1.86 bits per heavy atom. The number of aryl methyl sites for hydroxylation is 1. The highest BCUT2D eigenvalue weighted by molar-refractivity contribution is 5.84. The van der Waals surface area contributed by atoms with Crippen LogP contribution in [0.1, 0.15) is 12.5 Å². The number of hydrogen-bond acceptors (Lipinski definition) is 3. The van der Waals surface area contributed by atoms with Gasteiger partial charge in [-0.3, -0.25) is 10.4 Å². The second-order valence-corrected chi connectivity index (χ2v) is 2.53. The van der Waals surface area contributed by atoms with Gasteiger partial charge in [0.15, 0.2) is 6.61 Å². The quantitative estimate of drug-likeness (QED) is 0.708. The van der Waals surface area contributed by atoms with Crippen LogP contribution in [0.25, 0.3) is 0 Å². The van der Waals surface area contributed by atoms with E-state index in [1.165, 1.54) is 0 Å². The van der Waals surface area contributed by atoms with Crippen molar-refractivity contribution < 1.29 is 9.53 Å². The van der Waals surface area contributed by atoms with Gasteiger partial charge in [0.1, 0.15) is 5.82 Å². The fourth-order valence-corrected chi connectivity index (χ4v) is 0.933. The number of H-pyrrole nitrogens is 1. The van der Waals surface area contributed by atoms with Crippen LogP contribution in [0.4, 0.5) is 10.6 Å². The van der Waals surface area contributed by atoms with Crippen molar-refractivity contribution in [3.8, 4) is 12.3 Å². The van der Waals surface area contributed by atoms with Crippen LogP contribution in [0, 0.1) is 12.3 Å². The molecule has 5 nitrogen and oxygen atoms in total. The summed E-state index contributed by atoms with van der Waals surface area (Å²) in [7, 11) is 0. The number of nitrogens with one attached hydrogen (secondary N) is 2. The molecule has 0 saturated heterocycles. The summed E-state index contributed by atoms with van der Waals surface area (Å²) in [6, 6.07) is 0. The summed E-state index contributed by atoms with van der Waals surface area (Å²) in [6.07, 6.45) is 6.78. The van der Waals surface area contributed by atoms with Crippen molar-refractivity contribution in [2.24, 2.45) is 0 Å². The monoisotopic (exact) mass is 193 g/mol. The summed E-state index contributed by atoms with van der Waals surface area (Å²) in [5, 5.41) is 8.94. The molecular weight excluding hydrogens is 182 g/mol. The third kappa shape index (κ3) is 2.52. The number of anilines is 1. The molecule has 1 heterocycles. The minimum atomic E-state index is -0.582. The van der Waals surface area contributed by atoms with E-state index in [0.29, 0.717) is 5.82 Å². The number of aromatic nitrogens is 2. The number of hydrogen-bond donors (Lipinski definition) is 2. The van der Waals surface area contributed by atoms with Crippen molar-refractivity contribution in [1.29, 1.82) is 0 Å². The zero-order chi connectivity index (χ0) is 10.4. The Kier molecular flexibility index (Phi) is 3.56. The number of ether oxygens (including phenoxy) is 1. The zero-order valence-corrected chi connectivity index (χ0v) is 7.83. The lowest BCUT2D eigenvalue weighted by Gasteiger charge is -2.03. The SMILES string of the molecule is C#CCOC(=O)Nc1[nH]ncc1CC. The van der Waals surface area contributed by atoms with E-state index in [4.69, 9.17) is 6.42 Å². The maximum absolute atomic E-state index is 11.1. The summed E-state index contributed by atoms with van der Waals surface area (Å²) in [5.41, 5.74) is 0.919. The molecule has 0 radical (unpaired) electrons. The highest BCUT2D eigenvalue weighted by Gasteiger charge is 2.07. The molecular formula is C9H11N3O2. The predicted octanol–water partition coefficient (Wildman–Crippen LogP) is 1.15. The smallest absolute Gasteiger partial charge is 0.413 e. The normalized spacial score (nSPS) is 9.14. The number of terminal acetylenes is 1. The van der Waals surface area contributed by atoms with Gasteiger partial charge >= 0.3 is 6.09 Å². The van der Waals surface area contributed by atoms with Crippen molar-refractivity contribution >= 4 is 11.9 Å². The van der Waals surface area contributed by atoms with Gasteiger partial charge in [-0.2, -0.15) is 5.10 Å². The van der Waals surface area contributed by atoms with Crippen LogP contribution in [-0.2, 0) is 11.2 Å². The average molecular weight is 193 g/mol. The first-order valence-electron chi connectivity index (χ1n) is 4.17. The Morgan fingerprint density at radius 3 is 3.29 bits per heavy atom. The lowest BCUT2D eigenvalue weighted by molar-refractivity contribution is 0.176. The lowest BCUT2D eigenvalue weighted by Crippen LogP contribution is -2.14. The number of aromatic amines is 1. The molecule has 0 aliphatic heterocycles. The second kappa shape index (κ2) is 4.92. The second-order valence-electron chi connectivity index (χ2n) is 2.53. The maximum atomic E-state index is 11.1. The Hall–Kier alpha value is -1.96. The highest BCUT2D eigenvalue weighted by atomic mass is 16.5. The number of nitrogens with zero attached hydrogens (tertiary/aromatic N) is 1. The average Bonchev–Trinajstić information content (AvgIpc) is 2.62. The predicted molar refractivity (Wildman–Crippen MR) is 51.8 cm³/mol. The molecule has 1 amide bonds. The summed E-state index contributed by atoms with van der Waals surface area (Å²) < 4.78 is 4.63. The minimum Gasteiger partial charge on any atom is -0.436 e. The zero-order valence-electron chi connectivity index (χ0n) is 7.83. The summed E-state index contributed by atoms with van der Waals surface area (Å²) >= 11 is 0. The van der Waals surface area contributed by atoms with E-state index in [0.717, 1.165) is 12.0 Å². The van der Waals surface area contributed by atoms with E-state index in [1.54, 1.807) is 6.20 Å². The molecule has 0 bridgehead atoms. The van der Waals surface area contributed by atoms with Crippen LogP contribution in [0.3, 0.4) is 0 Å². The number of amides is 1. The van der Waals surface area contributed by atoms with Gasteiger partial charge in [-0.25, -0.2) is 4.79 Å². The fourth-order valence-electron chi connectivity index (χ4n) is 0.933. The third-order valence-corrected chi connectivity index (χ3v) is 1.61. The Morgan fingerprint density at radius 2 is 2.64 bits per heavy atom. The van der Waals surface area contributed by atoms with Crippen LogP contribution in [-0.4, -0.2) is 22.9 Å². The lowest BCUT2D eigenvalue weighted by atomic mass is 10.2. The van der Waals surface area contributed by atoms with Crippen molar-refractivity contribution in [3.05, 3.63) is 11.8 Å². The van der Waals surface area contributed by atoms with E-state index >= 15 is 0 Å². The summed E-state index contributed by atoms with van der Waals surface area (Å²) in [6.45, 7) is 1.92. The summed E-state index contributed by atoms with van der Waals surface area (Å²) in [4.78, 5) is 11.1. The summed E-state index contributed by atoms with van der Waals surface area (Å²) in [5.74, 6) is 2.75. The molecule has 0 saturated carbocycles. The van der Waals surface area contributed by atoms with Crippen molar-refractivity contribution in [3.63, 3.8) is 0 Å². The van der Waals surface area contributed by atoms with Gasteiger partial charge < -0.3 is 4.74 Å². The van der Waals surface area contributed by atoms with E-state index in [9.17, 15) is 4.79 Å². The van der Waals surface area contributed by atoms with Crippen LogP contribution in [0.15, 0.2) is 6.20 Å². The molecule has 1 rings (SSSR count). The van der Waals surface area contributed by atoms with Crippen LogP contribution in [0.5, 0.6) is 0 Å². The third-order valence-electron chi connectivity index (χ3n) is 1.61. The molecule has 1 aromatic heterocycles. The topological polar surface area (TPSA) is 67.0 Å². The van der Waals surface area contributed by atoms with Gasteiger partial charge in [0.25, 0.3) is 0 Å². The molecule has 0 aromatic carbocycles. The van der Waals surface area contributed by atoms with Crippen molar-refractivity contribution in [2.75, 3.05) is 11.9 Å². The molecule has 0 atom stereocenters. The van der Waals surface area contributed by atoms with Gasteiger partial charge in [0, 0.05) is 5.56 Å². The van der Waals surface area contributed by atoms with E-state index in [-0.39, 0.29) is 6.61 Å². The molecule has 1 aromatic rings. The molecule has 74 valence electrons. The largest absolute Gasteiger partial charge is 0.436 e. The van der Waals surface area contributed by atoms with E-state index in [2.05, 4.69) is 26.2 Å². The Labute approximate surface area is 81.8 Å². The molecule has 0 fully saturated rings. The van der Waals surface area contributed by atoms with Crippen molar-refractivity contribution in [1.82, 2.24) is 10.2 Å². The number of rotatable bonds is 3. The standard InChI is InChI=1S/C9H11N3O2/c1-3-5-14-9(13)11-8-7(4-2)6-10-12-8/h1,6H,4-5H2,2H3,(H2,10,11,12,13). The first-order chi connectivity index (χ1) is 6.77. The Bertz CT molecular complexity index is 351. The van der Waals surface area contributed by atoms with E-state index < -0.39 is 6.09 Å². The van der Waals surface area contributed by atoms with Crippen LogP contribution in [0.2, 0.25) is 0 Å². The minimum absolute atomic E-state index is 0.0402. The first kappa shape index (κ1) is 10.1. The van der Waals surface area contributed by atoms with Crippen LogP contribution < -0.4 is 5.32 Å². The van der Waals surface area contributed by atoms with Gasteiger partial charge in [-0.1, -0.05) is 12.8 Å². The molecule has 14 heavy (non-hydrogen) atoms. The van der Waals surface area contributed by atoms with Crippen LogP contribution >= 0.6 is 0 Å². The van der Waals surface area contributed by atoms with E-state index in [1.807, 2.05) is 6.92 Å². The van der Waals surface area contributed by atoms with Gasteiger partial charge in [-0.15, -0.1) is 6.42 Å². The molecule has 0 aliphatic carbocycles. The Balaban J connectivity index is 2.52. The highest BCUT2D eigenvalue weighted by Crippen LogP contribution is 2.10. The number of carbonyl (C=O) groups is 1.